The molecule has 0 atom stereocenters. The van der Waals surface area contributed by atoms with Gasteiger partial charge in [-0.05, 0) is 55.8 Å². The highest BCUT2D eigenvalue weighted by molar-refractivity contribution is 6.35. The van der Waals surface area contributed by atoms with Crippen LogP contribution in [-0.2, 0) is 11.3 Å². The lowest BCUT2D eigenvalue weighted by Gasteiger charge is -2.11. The molecule has 2 heterocycles. The second-order valence-corrected chi connectivity index (χ2v) is 8.88. The van der Waals surface area contributed by atoms with Gasteiger partial charge in [-0.15, -0.1) is 0 Å². The first-order valence-corrected chi connectivity index (χ1v) is 11.4. The minimum Gasteiger partial charge on any atom is -0.340 e. The standard InChI is InChI=1S/C27H21Cl2N3O/c1-17-23(27(33)32(30-17)21-8-4-3-5-9-21)15-24-18(2)31(26-11-7-6-10-22(24)26)16-19-12-13-20(28)14-25(19)29/h3-15H,16H2,1-2H3/b23-15+. The van der Waals surface area contributed by atoms with Crippen molar-refractivity contribution in [1.29, 1.82) is 0 Å². The normalized spacial score (nSPS) is 15.0. The average molecular weight is 474 g/mol. The molecule has 0 saturated heterocycles. The van der Waals surface area contributed by atoms with E-state index in [2.05, 4.69) is 28.7 Å². The highest BCUT2D eigenvalue weighted by atomic mass is 35.5. The number of aromatic nitrogens is 1. The molecule has 6 heteroatoms. The van der Waals surface area contributed by atoms with E-state index in [4.69, 9.17) is 23.2 Å². The highest BCUT2D eigenvalue weighted by Crippen LogP contribution is 2.32. The molecule has 0 unspecified atom stereocenters. The summed E-state index contributed by atoms with van der Waals surface area (Å²) in [6, 6.07) is 23.2. The molecule has 4 aromatic rings. The number of carbonyl (C=O) groups is 1. The maximum Gasteiger partial charge on any atom is 0.280 e. The van der Waals surface area contributed by atoms with Gasteiger partial charge in [-0.25, -0.2) is 0 Å². The molecular weight excluding hydrogens is 453 g/mol. The Labute approximate surface area is 202 Å². The molecule has 1 amide bonds. The number of carbonyl (C=O) groups excluding carboxylic acids is 1. The van der Waals surface area contributed by atoms with Crippen molar-refractivity contribution in [3.8, 4) is 0 Å². The molecule has 0 radical (unpaired) electrons. The van der Waals surface area contributed by atoms with Crippen LogP contribution in [0.2, 0.25) is 10.0 Å². The van der Waals surface area contributed by atoms with E-state index in [-0.39, 0.29) is 5.91 Å². The van der Waals surface area contributed by atoms with Crippen molar-refractivity contribution in [2.45, 2.75) is 20.4 Å². The minimum atomic E-state index is -0.129. The predicted molar refractivity (Wildman–Crippen MR) is 137 cm³/mol. The van der Waals surface area contributed by atoms with Gasteiger partial charge in [0.15, 0.2) is 0 Å². The Kier molecular flexibility index (Phi) is 5.57. The minimum absolute atomic E-state index is 0.129. The second kappa shape index (κ2) is 8.54. The van der Waals surface area contributed by atoms with Gasteiger partial charge in [-0.3, -0.25) is 4.79 Å². The van der Waals surface area contributed by atoms with Crippen molar-refractivity contribution in [3.63, 3.8) is 0 Å². The van der Waals surface area contributed by atoms with Crippen LogP contribution >= 0.6 is 23.2 Å². The summed E-state index contributed by atoms with van der Waals surface area (Å²) in [5.74, 6) is -0.129. The van der Waals surface area contributed by atoms with Crippen LogP contribution in [-0.4, -0.2) is 16.2 Å². The van der Waals surface area contributed by atoms with E-state index in [0.717, 1.165) is 33.4 Å². The Morgan fingerprint density at radius 3 is 2.42 bits per heavy atom. The van der Waals surface area contributed by atoms with Crippen LogP contribution in [0.3, 0.4) is 0 Å². The van der Waals surface area contributed by atoms with Gasteiger partial charge in [0, 0.05) is 38.8 Å². The van der Waals surface area contributed by atoms with E-state index in [9.17, 15) is 4.79 Å². The summed E-state index contributed by atoms with van der Waals surface area (Å²) in [5, 5.41) is 8.30. The Morgan fingerprint density at radius 2 is 1.67 bits per heavy atom. The number of amides is 1. The number of halogens is 2. The monoisotopic (exact) mass is 473 g/mol. The maximum absolute atomic E-state index is 13.2. The SMILES string of the molecule is CC1=NN(c2ccccc2)C(=O)/C1=C/c1c(C)n(Cc2ccc(Cl)cc2Cl)c2ccccc12. The van der Waals surface area contributed by atoms with E-state index < -0.39 is 0 Å². The summed E-state index contributed by atoms with van der Waals surface area (Å²) < 4.78 is 2.22. The molecule has 164 valence electrons. The molecule has 0 aliphatic carbocycles. The van der Waals surface area contributed by atoms with Crippen LogP contribution in [0.1, 0.15) is 23.7 Å². The molecule has 3 aromatic carbocycles. The fourth-order valence-electron chi connectivity index (χ4n) is 4.24. The predicted octanol–water partition coefficient (Wildman–Crippen LogP) is 7.11. The smallest absolute Gasteiger partial charge is 0.280 e. The zero-order valence-electron chi connectivity index (χ0n) is 18.2. The molecule has 5 rings (SSSR count). The third kappa shape index (κ3) is 3.86. The molecule has 1 aliphatic heterocycles. The summed E-state index contributed by atoms with van der Waals surface area (Å²) in [7, 11) is 0. The molecule has 33 heavy (non-hydrogen) atoms. The third-order valence-corrected chi connectivity index (χ3v) is 6.56. The van der Waals surface area contributed by atoms with Gasteiger partial charge >= 0.3 is 0 Å². The summed E-state index contributed by atoms with van der Waals surface area (Å²) in [6.45, 7) is 4.54. The first-order valence-electron chi connectivity index (χ1n) is 10.6. The van der Waals surface area contributed by atoms with E-state index in [1.54, 1.807) is 6.07 Å². The largest absolute Gasteiger partial charge is 0.340 e. The number of fused-ring (bicyclic) bond motifs is 1. The number of anilines is 1. The first-order chi connectivity index (χ1) is 15.9. The maximum atomic E-state index is 13.2. The summed E-state index contributed by atoms with van der Waals surface area (Å²) >= 11 is 12.5. The molecule has 1 aromatic heterocycles. The fourth-order valence-corrected chi connectivity index (χ4v) is 4.71. The van der Waals surface area contributed by atoms with Crippen LogP contribution in [0, 0.1) is 6.92 Å². The molecule has 0 fully saturated rings. The van der Waals surface area contributed by atoms with Crippen LogP contribution < -0.4 is 5.01 Å². The molecule has 0 spiro atoms. The molecule has 0 saturated carbocycles. The van der Waals surface area contributed by atoms with Crippen LogP contribution in [0.25, 0.3) is 17.0 Å². The van der Waals surface area contributed by atoms with Crippen LogP contribution in [0.4, 0.5) is 5.69 Å². The number of rotatable bonds is 4. The molecule has 1 aliphatic rings. The average Bonchev–Trinajstić information content (AvgIpc) is 3.25. The number of nitrogens with zero attached hydrogens (tertiary/aromatic N) is 3. The van der Waals surface area contributed by atoms with Gasteiger partial charge < -0.3 is 4.57 Å². The van der Waals surface area contributed by atoms with Gasteiger partial charge in [0.05, 0.1) is 17.0 Å². The molecule has 0 bridgehead atoms. The van der Waals surface area contributed by atoms with Gasteiger partial charge in [-0.2, -0.15) is 10.1 Å². The van der Waals surface area contributed by atoms with E-state index >= 15 is 0 Å². The Morgan fingerprint density at radius 1 is 0.939 bits per heavy atom. The van der Waals surface area contributed by atoms with Crippen molar-refractivity contribution in [2.75, 3.05) is 5.01 Å². The Hall–Kier alpha value is -3.34. The second-order valence-electron chi connectivity index (χ2n) is 8.03. The van der Waals surface area contributed by atoms with Gasteiger partial charge in [0.25, 0.3) is 5.91 Å². The molecule has 4 nitrogen and oxygen atoms in total. The Bertz CT molecular complexity index is 1450. The lowest BCUT2D eigenvalue weighted by Crippen LogP contribution is -2.21. The lowest BCUT2D eigenvalue weighted by atomic mass is 10.0. The fraction of sp³-hybridized carbons (Fsp3) is 0.111. The van der Waals surface area contributed by atoms with Crippen molar-refractivity contribution in [2.24, 2.45) is 5.10 Å². The number of hydrazone groups is 1. The van der Waals surface area contributed by atoms with Gasteiger partial charge in [0.2, 0.25) is 0 Å². The van der Waals surface area contributed by atoms with Crippen molar-refractivity contribution < 1.29 is 4.79 Å². The van der Waals surface area contributed by atoms with E-state index in [0.29, 0.717) is 27.9 Å². The van der Waals surface area contributed by atoms with Crippen molar-refractivity contribution in [3.05, 3.63) is 105 Å². The quantitative estimate of drug-likeness (QED) is 0.291. The topological polar surface area (TPSA) is 37.6 Å². The molecular formula is C27H21Cl2N3O. The number of benzene rings is 3. The van der Waals surface area contributed by atoms with E-state index in [1.165, 1.54) is 5.01 Å². The number of hydrogen-bond acceptors (Lipinski definition) is 2. The van der Waals surface area contributed by atoms with E-state index in [1.807, 2.05) is 67.6 Å². The van der Waals surface area contributed by atoms with Gasteiger partial charge in [0.1, 0.15) is 0 Å². The third-order valence-electron chi connectivity index (χ3n) is 5.98. The van der Waals surface area contributed by atoms with Crippen LogP contribution in [0.5, 0.6) is 0 Å². The number of hydrogen-bond donors (Lipinski definition) is 0. The Balaban J connectivity index is 1.60. The first kappa shape index (κ1) is 21.5. The number of para-hydroxylation sites is 2. The summed E-state index contributed by atoms with van der Waals surface area (Å²) in [5.41, 5.74) is 6.15. The molecule has 0 N–H and O–H groups in total. The summed E-state index contributed by atoms with van der Waals surface area (Å²) in [6.07, 6.45) is 1.96. The summed E-state index contributed by atoms with van der Waals surface area (Å²) in [4.78, 5) is 13.2. The zero-order chi connectivity index (χ0) is 23.1. The van der Waals surface area contributed by atoms with Gasteiger partial charge in [-0.1, -0.05) is 65.7 Å². The lowest BCUT2D eigenvalue weighted by molar-refractivity contribution is -0.114. The van der Waals surface area contributed by atoms with Crippen molar-refractivity contribution in [1.82, 2.24) is 4.57 Å². The highest BCUT2D eigenvalue weighted by Gasteiger charge is 2.29. The zero-order valence-corrected chi connectivity index (χ0v) is 19.7. The van der Waals surface area contributed by atoms with Crippen molar-refractivity contribution >= 4 is 57.5 Å². The van der Waals surface area contributed by atoms with Crippen LogP contribution in [0.15, 0.2) is 83.5 Å².